The van der Waals surface area contributed by atoms with Crippen LogP contribution in [0.2, 0.25) is 0 Å². The summed E-state index contributed by atoms with van der Waals surface area (Å²) < 4.78 is 0. The Hall–Kier alpha value is -2.35. The topological polar surface area (TPSA) is 69.5 Å². The summed E-state index contributed by atoms with van der Waals surface area (Å²) in [7, 11) is 1.76. The van der Waals surface area contributed by atoms with Gasteiger partial charge in [0.05, 0.1) is 5.52 Å². The molecule has 0 radical (unpaired) electrons. The summed E-state index contributed by atoms with van der Waals surface area (Å²) in [5, 5.41) is 18.2. The van der Waals surface area contributed by atoms with E-state index in [0.717, 1.165) is 29.3 Å². The molecule has 0 amide bonds. The van der Waals surface area contributed by atoms with Crippen molar-refractivity contribution in [2.45, 2.75) is 38.8 Å². The highest BCUT2D eigenvalue weighted by molar-refractivity contribution is 14.0. The van der Waals surface area contributed by atoms with Crippen molar-refractivity contribution in [3.05, 3.63) is 70.9 Å². The number of phenolic OH excluding ortho intramolecular Hbond substituents is 1. The minimum absolute atomic E-state index is 0. The lowest BCUT2D eigenvalue weighted by Crippen LogP contribution is -2.36. The molecule has 0 atom stereocenters. The molecular formula is C23H27IN4O. The molecule has 1 aliphatic carbocycles. The maximum absolute atomic E-state index is 10.4. The van der Waals surface area contributed by atoms with Gasteiger partial charge in [-0.3, -0.25) is 9.98 Å². The van der Waals surface area contributed by atoms with E-state index in [1.165, 1.54) is 29.5 Å². The van der Waals surface area contributed by atoms with Crippen molar-refractivity contribution in [2.75, 3.05) is 7.05 Å². The number of aliphatic imine (C=N–C) groups is 1. The third kappa shape index (κ3) is 4.80. The SMILES string of the molecule is CN=C(NCc1c(O)ccc2c1CCCC2)NCc1ccnc2ccccc12.I. The van der Waals surface area contributed by atoms with E-state index >= 15 is 0 Å². The average molecular weight is 502 g/mol. The molecule has 0 saturated carbocycles. The Kier molecular flexibility index (Phi) is 7.30. The molecule has 0 bridgehead atoms. The maximum Gasteiger partial charge on any atom is 0.191 e. The summed E-state index contributed by atoms with van der Waals surface area (Å²) in [6.45, 7) is 1.22. The maximum atomic E-state index is 10.4. The molecule has 0 fully saturated rings. The van der Waals surface area contributed by atoms with Crippen LogP contribution in [0.5, 0.6) is 5.75 Å². The van der Waals surface area contributed by atoms with Crippen LogP contribution >= 0.6 is 24.0 Å². The molecule has 2 aromatic carbocycles. The molecule has 3 N–H and O–H groups in total. The van der Waals surface area contributed by atoms with E-state index in [1.54, 1.807) is 7.05 Å². The van der Waals surface area contributed by atoms with Gasteiger partial charge in [0.2, 0.25) is 0 Å². The molecule has 1 aliphatic rings. The van der Waals surface area contributed by atoms with E-state index in [1.807, 2.05) is 36.5 Å². The first-order valence-electron chi connectivity index (χ1n) is 9.86. The highest BCUT2D eigenvalue weighted by Crippen LogP contribution is 2.30. The summed E-state index contributed by atoms with van der Waals surface area (Å²) in [4.78, 5) is 8.75. The average Bonchev–Trinajstić information content (AvgIpc) is 2.75. The van der Waals surface area contributed by atoms with Crippen LogP contribution < -0.4 is 10.6 Å². The monoisotopic (exact) mass is 502 g/mol. The second-order valence-electron chi connectivity index (χ2n) is 7.17. The lowest BCUT2D eigenvalue weighted by Gasteiger charge is -2.21. The summed E-state index contributed by atoms with van der Waals surface area (Å²) in [6.07, 6.45) is 6.39. The minimum atomic E-state index is 0. The van der Waals surface area contributed by atoms with Gasteiger partial charge in [0, 0.05) is 37.3 Å². The Morgan fingerprint density at radius 3 is 2.69 bits per heavy atom. The van der Waals surface area contributed by atoms with Gasteiger partial charge in [-0.05, 0) is 60.6 Å². The fraction of sp³-hybridized carbons (Fsp3) is 0.304. The first kappa shape index (κ1) is 21.4. The highest BCUT2D eigenvalue weighted by atomic mass is 127. The molecule has 0 unspecified atom stereocenters. The summed E-state index contributed by atoms with van der Waals surface area (Å²) in [5.41, 5.74) is 5.83. The zero-order valence-corrected chi connectivity index (χ0v) is 18.9. The number of pyridine rings is 1. The van der Waals surface area contributed by atoms with E-state index in [2.05, 4.69) is 32.7 Å². The van der Waals surface area contributed by atoms with Crippen molar-refractivity contribution >= 4 is 40.8 Å². The first-order chi connectivity index (χ1) is 13.8. The van der Waals surface area contributed by atoms with Gasteiger partial charge in [-0.1, -0.05) is 24.3 Å². The number of benzene rings is 2. The number of phenols is 1. The van der Waals surface area contributed by atoms with Crippen LogP contribution in [-0.2, 0) is 25.9 Å². The normalized spacial score (nSPS) is 13.5. The smallest absolute Gasteiger partial charge is 0.191 e. The Labute approximate surface area is 188 Å². The highest BCUT2D eigenvalue weighted by Gasteiger charge is 2.16. The number of rotatable bonds is 4. The van der Waals surface area contributed by atoms with Gasteiger partial charge in [0.1, 0.15) is 5.75 Å². The third-order valence-electron chi connectivity index (χ3n) is 5.47. The summed E-state index contributed by atoms with van der Waals surface area (Å²) in [6, 6.07) is 14.1. The zero-order chi connectivity index (χ0) is 19.3. The first-order valence-corrected chi connectivity index (χ1v) is 9.86. The van der Waals surface area contributed by atoms with Gasteiger partial charge >= 0.3 is 0 Å². The van der Waals surface area contributed by atoms with Crippen molar-refractivity contribution in [3.8, 4) is 5.75 Å². The number of hydrogen-bond acceptors (Lipinski definition) is 3. The van der Waals surface area contributed by atoms with E-state index < -0.39 is 0 Å². The summed E-state index contributed by atoms with van der Waals surface area (Å²) >= 11 is 0. The van der Waals surface area contributed by atoms with Gasteiger partial charge in [-0.25, -0.2) is 0 Å². The lowest BCUT2D eigenvalue weighted by molar-refractivity contribution is 0.464. The number of nitrogens with zero attached hydrogens (tertiary/aromatic N) is 2. The third-order valence-corrected chi connectivity index (χ3v) is 5.47. The molecule has 0 aliphatic heterocycles. The minimum Gasteiger partial charge on any atom is -0.508 e. The standard InChI is InChI=1S/C23H26N4O.HI/c1-24-23(26-14-17-12-13-25-21-9-5-4-8-19(17)21)27-15-20-18-7-3-2-6-16(18)10-11-22(20)28;/h4-5,8-13,28H,2-3,6-7,14-15H2,1H3,(H2,24,26,27);1H. The number of fused-ring (bicyclic) bond motifs is 2. The van der Waals surface area contributed by atoms with Crippen LogP contribution in [0.3, 0.4) is 0 Å². The Morgan fingerprint density at radius 2 is 1.83 bits per heavy atom. The van der Waals surface area contributed by atoms with Crippen LogP contribution in [0.4, 0.5) is 0 Å². The predicted octanol–water partition coefficient (Wildman–Crippen LogP) is 4.30. The van der Waals surface area contributed by atoms with Gasteiger partial charge in [-0.2, -0.15) is 0 Å². The second-order valence-corrected chi connectivity index (χ2v) is 7.17. The summed E-state index contributed by atoms with van der Waals surface area (Å²) in [5.74, 6) is 1.08. The van der Waals surface area contributed by atoms with E-state index in [0.29, 0.717) is 24.8 Å². The van der Waals surface area contributed by atoms with Crippen LogP contribution in [-0.4, -0.2) is 23.1 Å². The van der Waals surface area contributed by atoms with Gasteiger partial charge < -0.3 is 15.7 Å². The molecule has 1 heterocycles. The Morgan fingerprint density at radius 1 is 1.03 bits per heavy atom. The quantitative estimate of drug-likeness (QED) is 0.283. The predicted molar refractivity (Wildman–Crippen MR) is 129 cm³/mol. The van der Waals surface area contributed by atoms with Crippen LogP contribution in [0.15, 0.2) is 53.7 Å². The molecular weight excluding hydrogens is 475 g/mol. The number of hydrogen-bond donors (Lipinski definition) is 3. The fourth-order valence-electron chi connectivity index (χ4n) is 3.97. The van der Waals surface area contributed by atoms with Gasteiger partial charge in [-0.15, -0.1) is 24.0 Å². The number of aromatic hydroxyl groups is 1. The number of guanidine groups is 1. The van der Waals surface area contributed by atoms with Crippen molar-refractivity contribution < 1.29 is 5.11 Å². The molecule has 1 aromatic heterocycles. The van der Waals surface area contributed by atoms with E-state index in [-0.39, 0.29) is 24.0 Å². The van der Waals surface area contributed by atoms with Crippen molar-refractivity contribution in [2.24, 2.45) is 4.99 Å². The number of halogens is 1. The van der Waals surface area contributed by atoms with Gasteiger partial charge in [0.25, 0.3) is 0 Å². The molecule has 29 heavy (non-hydrogen) atoms. The Bertz CT molecular complexity index is 1010. The molecule has 3 aromatic rings. The van der Waals surface area contributed by atoms with E-state index in [4.69, 9.17) is 0 Å². The van der Waals surface area contributed by atoms with E-state index in [9.17, 15) is 5.11 Å². The second kappa shape index (κ2) is 9.91. The van der Waals surface area contributed by atoms with Gasteiger partial charge in [0.15, 0.2) is 5.96 Å². The zero-order valence-electron chi connectivity index (χ0n) is 16.6. The van der Waals surface area contributed by atoms with Crippen molar-refractivity contribution in [3.63, 3.8) is 0 Å². The molecule has 4 rings (SSSR count). The molecule has 152 valence electrons. The van der Waals surface area contributed by atoms with Crippen LogP contribution in [0.25, 0.3) is 10.9 Å². The molecule has 6 heteroatoms. The number of aromatic nitrogens is 1. The molecule has 0 saturated heterocycles. The number of nitrogens with one attached hydrogen (secondary N) is 2. The molecule has 0 spiro atoms. The largest absolute Gasteiger partial charge is 0.508 e. The number of para-hydroxylation sites is 1. The van der Waals surface area contributed by atoms with Crippen LogP contribution in [0, 0.1) is 0 Å². The molecule has 5 nitrogen and oxygen atoms in total. The lowest BCUT2D eigenvalue weighted by atomic mass is 9.88. The number of aryl methyl sites for hydroxylation is 1. The van der Waals surface area contributed by atoms with Crippen LogP contribution in [0.1, 0.15) is 35.1 Å². The van der Waals surface area contributed by atoms with Crippen molar-refractivity contribution in [1.82, 2.24) is 15.6 Å². The Balaban J connectivity index is 0.00000240. The fourth-order valence-corrected chi connectivity index (χ4v) is 3.97. The van der Waals surface area contributed by atoms with Crippen molar-refractivity contribution in [1.29, 1.82) is 0 Å².